The summed E-state index contributed by atoms with van der Waals surface area (Å²) in [7, 11) is 0. The Labute approximate surface area is 268 Å². The van der Waals surface area contributed by atoms with Gasteiger partial charge in [-0.15, -0.1) is 0 Å². The number of carbonyl (C=O) groups is 2. The van der Waals surface area contributed by atoms with Gasteiger partial charge in [-0.2, -0.15) is 0 Å². The molecule has 2 fully saturated rings. The lowest BCUT2D eigenvalue weighted by Gasteiger charge is -2.46. The van der Waals surface area contributed by atoms with E-state index in [-0.39, 0.29) is 30.3 Å². The van der Waals surface area contributed by atoms with Gasteiger partial charge in [-0.25, -0.2) is 4.79 Å². The smallest absolute Gasteiger partial charge is 0.331 e. The van der Waals surface area contributed by atoms with Gasteiger partial charge in [0.2, 0.25) is 0 Å². The minimum Gasteiger partial charge on any atom is -0.504 e. The molecule has 10 atom stereocenters. The summed E-state index contributed by atoms with van der Waals surface area (Å²) in [6, 6.07) is 7.94. The van der Waals surface area contributed by atoms with Crippen LogP contribution >= 0.6 is 0 Å². The predicted molar refractivity (Wildman–Crippen MR) is 157 cm³/mol. The predicted octanol–water partition coefficient (Wildman–Crippen LogP) is -0.445. The minimum absolute atomic E-state index is 0.101. The number of aliphatic hydroxyl groups excluding tert-OH is 4. The first kappa shape index (κ1) is 35.8. The molecule has 0 spiro atoms. The molecule has 2 heterocycles. The number of aliphatic hydroxyl groups is 4. The highest BCUT2D eigenvalue weighted by Gasteiger charge is 2.52. The number of hydrogen-bond acceptors (Lipinski definition) is 16. The van der Waals surface area contributed by atoms with Gasteiger partial charge in [0.05, 0.1) is 12.7 Å². The number of ether oxygens (including phenoxy) is 6. The van der Waals surface area contributed by atoms with Crippen LogP contribution in [0.15, 0.2) is 42.5 Å². The average Bonchev–Trinajstić information content (AvgIpc) is 3.02. The van der Waals surface area contributed by atoms with Crippen LogP contribution in [0.2, 0.25) is 0 Å². The van der Waals surface area contributed by atoms with E-state index in [2.05, 4.69) is 0 Å². The third-order valence-electron chi connectivity index (χ3n) is 7.54. The van der Waals surface area contributed by atoms with Gasteiger partial charge in [-0.1, -0.05) is 12.1 Å². The third kappa shape index (κ3) is 9.09. The van der Waals surface area contributed by atoms with E-state index in [1.807, 2.05) is 0 Å². The fourth-order valence-corrected chi connectivity index (χ4v) is 4.94. The van der Waals surface area contributed by atoms with E-state index in [1.165, 1.54) is 49.4 Å². The van der Waals surface area contributed by atoms with Crippen molar-refractivity contribution < 1.29 is 78.9 Å². The zero-order valence-electron chi connectivity index (χ0n) is 25.4. The fourth-order valence-electron chi connectivity index (χ4n) is 4.94. The minimum atomic E-state index is -1.80. The Morgan fingerprint density at radius 3 is 2.15 bits per heavy atom. The number of phenolic OH excluding ortho intramolecular Hbond substituents is 4. The van der Waals surface area contributed by atoms with Gasteiger partial charge < -0.3 is 69.3 Å². The van der Waals surface area contributed by atoms with Crippen molar-refractivity contribution in [3.63, 3.8) is 0 Å². The first-order valence-corrected chi connectivity index (χ1v) is 14.6. The number of esters is 2. The Morgan fingerprint density at radius 1 is 0.809 bits per heavy atom. The maximum atomic E-state index is 13.0. The lowest BCUT2D eigenvalue weighted by atomic mass is 9.97. The van der Waals surface area contributed by atoms with Crippen LogP contribution < -0.4 is 0 Å². The van der Waals surface area contributed by atoms with Gasteiger partial charge in [0.1, 0.15) is 43.2 Å². The summed E-state index contributed by atoms with van der Waals surface area (Å²) >= 11 is 0. The van der Waals surface area contributed by atoms with Crippen LogP contribution in [0, 0.1) is 0 Å². The molecular weight excluding hydrogens is 628 g/mol. The van der Waals surface area contributed by atoms with Crippen LogP contribution in [-0.2, 0) is 44.4 Å². The van der Waals surface area contributed by atoms with Gasteiger partial charge in [-0.05, 0) is 54.8 Å². The highest BCUT2D eigenvalue weighted by Crippen LogP contribution is 2.32. The van der Waals surface area contributed by atoms with Gasteiger partial charge >= 0.3 is 11.9 Å². The summed E-state index contributed by atoms with van der Waals surface area (Å²) in [6.45, 7) is 1.93. The SMILES string of the molecule is CC(=O)OCC1OC(OCCc2ccc(O)c(O)c2)C(O)C(OC2OC(C)C(O)C(O)C2O)C1OC(=O)C=Cc1ccc(O)c(O)c1. The second-order valence-electron chi connectivity index (χ2n) is 11.0. The van der Waals surface area contributed by atoms with Crippen LogP contribution in [0.5, 0.6) is 23.0 Å². The number of carbonyl (C=O) groups excluding carboxylic acids is 2. The van der Waals surface area contributed by atoms with E-state index < -0.39 is 85.7 Å². The van der Waals surface area contributed by atoms with Crippen molar-refractivity contribution in [3.8, 4) is 23.0 Å². The summed E-state index contributed by atoms with van der Waals surface area (Å²) in [6.07, 6.45) is -12.9. The van der Waals surface area contributed by atoms with Crippen molar-refractivity contribution in [3.05, 3.63) is 53.6 Å². The number of aromatic hydroxyl groups is 4. The standard InChI is InChI=1S/C31H38O16/c1-14-24(38)25(39)26(40)31(44-14)47-29-27(41)30(42-10-9-17-4-7-19(34)21(36)12-17)45-22(13-43-15(2)32)28(29)46-23(37)8-5-16-3-6-18(33)20(35)11-16/h3-8,11-12,14,22,24-31,33-36,38-41H,9-10,13H2,1-2H3. The van der Waals surface area contributed by atoms with E-state index in [4.69, 9.17) is 28.4 Å². The molecule has 2 aliphatic heterocycles. The first-order chi connectivity index (χ1) is 22.2. The largest absolute Gasteiger partial charge is 0.504 e. The fraction of sp³-hybridized carbons (Fsp3) is 0.484. The van der Waals surface area contributed by atoms with Crippen LogP contribution in [0.3, 0.4) is 0 Å². The summed E-state index contributed by atoms with van der Waals surface area (Å²) < 4.78 is 33.8. The summed E-state index contributed by atoms with van der Waals surface area (Å²) in [4.78, 5) is 24.7. The Hall–Kier alpha value is -4.00. The molecule has 258 valence electrons. The molecule has 2 aromatic carbocycles. The van der Waals surface area contributed by atoms with E-state index in [1.54, 1.807) is 0 Å². The molecule has 10 unspecified atom stereocenters. The molecule has 16 nitrogen and oxygen atoms in total. The normalized spacial score (nSPS) is 31.0. The molecule has 0 aromatic heterocycles. The maximum Gasteiger partial charge on any atom is 0.331 e. The molecule has 0 aliphatic carbocycles. The van der Waals surface area contributed by atoms with Crippen molar-refractivity contribution in [1.29, 1.82) is 0 Å². The summed E-state index contributed by atoms with van der Waals surface area (Å²) in [5, 5.41) is 81.0. The summed E-state index contributed by atoms with van der Waals surface area (Å²) in [5.41, 5.74) is 0.882. The van der Waals surface area contributed by atoms with Gasteiger partial charge in [-0.3, -0.25) is 4.79 Å². The first-order valence-electron chi connectivity index (χ1n) is 14.6. The topological polar surface area (TPSA) is 251 Å². The van der Waals surface area contributed by atoms with Crippen molar-refractivity contribution in [2.75, 3.05) is 13.2 Å². The van der Waals surface area contributed by atoms with Crippen LogP contribution in [0.25, 0.3) is 6.08 Å². The molecule has 2 aliphatic rings. The zero-order chi connectivity index (χ0) is 34.4. The number of benzene rings is 2. The van der Waals surface area contributed by atoms with E-state index >= 15 is 0 Å². The number of hydrogen-bond donors (Lipinski definition) is 8. The molecule has 8 N–H and O–H groups in total. The monoisotopic (exact) mass is 666 g/mol. The number of phenols is 4. The van der Waals surface area contributed by atoms with Crippen LogP contribution in [0.4, 0.5) is 0 Å². The summed E-state index contributed by atoms with van der Waals surface area (Å²) in [5.74, 6) is -3.18. The molecule has 0 radical (unpaired) electrons. The van der Waals surface area contributed by atoms with E-state index in [0.29, 0.717) is 11.1 Å². The second-order valence-corrected chi connectivity index (χ2v) is 11.0. The third-order valence-corrected chi connectivity index (χ3v) is 7.54. The molecule has 16 heteroatoms. The Kier molecular flexibility index (Phi) is 12.0. The molecule has 2 aromatic rings. The average molecular weight is 667 g/mol. The van der Waals surface area contributed by atoms with E-state index in [0.717, 1.165) is 13.0 Å². The molecule has 4 rings (SSSR count). The lowest BCUT2D eigenvalue weighted by Crippen LogP contribution is -2.65. The number of rotatable bonds is 11. The van der Waals surface area contributed by atoms with Crippen molar-refractivity contribution >= 4 is 18.0 Å². The van der Waals surface area contributed by atoms with Gasteiger partial charge in [0.25, 0.3) is 0 Å². The van der Waals surface area contributed by atoms with Crippen molar-refractivity contribution in [2.24, 2.45) is 0 Å². The lowest BCUT2D eigenvalue weighted by molar-refractivity contribution is -0.357. The van der Waals surface area contributed by atoms with Crippen LogP contribution in [-0.4, -0.2) is 127 Å². The Morgan fingerprint density at radius 2 is 1.49 bits per heavy atom. The molecule has 0 amide bonds. The Bertz CT molecular complexity index is 1410. The quantitative estimate of drug-likeness (QED) is 0.0859. The van der Waals surface area contributed by atoms with Crippen LogP contribution in [0.1, 0.15) is 25.0 Å². The van der Waals surface area contributed by atoms with Crippen molar-refractivity contribution in [1.82, 2.24) is 0 Å². The van der Waals surface area contributed by atoms with Crippen molar-refractivity contribution in [2.45, 2.75) is 81.7 Å². The second kappa shape index (κ2) is 15.7. The highest BCUT2D eigenvalue weighted by atomic mass is 16.7. The molecule has 2 saturated heterocycles. The van der Waals surface area contributed by atoms with E-state index in [9.17, 15) is 50.4 Å². The molecule has 0 saturated carbocycles. The highest BCUT2D eigenvalue weighted by molar-refractivity contribution is 5.87. The van der Waals surface area contributed by atoms with Gasteiger partial charge in [0.15, 0.2) is 41.7 Å². The van der Waals surface area contributed by atoms with Gasteiger partial charge in [0, 0.05) is 13.0 Å². The molecular formula is C31H38O16. The molecule has 47 heavy (non-hydrogen) atoms. The maximum absolute atomic E-state index is 13.0. The zero-order valence-corrected chi connectivity index (χ0v) is 25.4. The molecule has 0 bridgehead atoms. The Balaban J connectivity index is 1.58.